The fraction of sp³-hybridized carbons (Fsp3) is 0.421. The number of carbonyl (C=O) groups excluding carboxylic acids is 3. The molecule has 0 aromatic heterocycles. The predicted molar refractivity (Wildman–Crippen MR) is 95.8 cm³/mol. The van der Waals surface area contributed by atoms with Crippen LogP contribution in [0.4, 0.5) is 0 Å². The third-order valence-electron chi connectivity index (χ3n) is 4.02. The van der Waals surface area contributed by atoms with Crippen LogP contribution in [0.15, 0.2) is 24.3 Å². The maximum atomic E-state index is 12.8. The Bertz CT molecular complexity index is 635. The summed E-state index contributed by atoms with van der Waals surface area (Å²) in [7, 11) is 4.94. The first-order valence-corrected chi connectivity index (χ1v) is 7.98. The molecule has 2 amide bonds. The van der Waals surface area contributed by atoms with Crippen LogP contribution >= 0.6 is 0 Å². The van der Waals surface area contributed by atoms with Crippen LogP contribution in [0.3, 0.4) is 0 Å². The molecule has 1 rings (SSSR count). The van der Waals surface area contributed by atoms with Crippen LogP contribution in [0.5, 0.6) is 0 Å². The average Bonchev–Trinajstić information content (AvgIpc) is 2.56. The Morgan fingerprint density at radius 1 is 1.21 bits per heavy atom. The van der Waals surface area contributed by atoms with Gasteiger partial charge in [-0.25, -0.2) is 0 Å². The molecule has 0 radical (unpaired) electrons. The minimum absolute atomic E-state index is 0.0622. The Kier molecular flexibility index (Phi) is 7.36. The molecule has 1 aromatic rings. The second-order valence-corrected chi connectivity index (χ2v) is 5.98. The lowest BCUT2D eigenvalue weighted by Crippen LogP contribution is -2.39. The van der Waals surface area contributed by atoms with Crippen LogP contribution in [0.2, 0.25) is 0 Å². The molecule has 0 saturated carbocycles. The van der Waals surface area contributed by atoms with Gasteiger partial charge in [-0.1, -0.05) is 24.3 Å². The largest absolute Gasteiger partial charge is 0.349 e. The lowest BCUT2D eigenvalue weighted by atomic mass is 9.99. The van der Waals surface area contributed by atoms with E-state index in [1.807, 2.05) is 38.1 Å². The van der Waals surface area contributed by atoms with Crippen LogP contribution in [-0.4, -0.2) is 55.1 Å². The summed E-state index contributed by atoms with van der Waals surface area (Å²) in [6, 6.07) is 4.91. The van der Waals surface area contributed by atoms with Gasteiger partial charge in [-0.15, -0.1) is 0 Å². The minimum atomic E-state index is -0.625. The molecule has 5 heteroatoms. The molecule has 0 N–H and O–H groups in total. The van der Waals surface area contributed by atoms with E-state index in [9.17, 15) is 14.4 Å². The van der Waals surface area contributed by atoms with Gasteiger partial charge >= 0.3 is 0 Å². The normalized spacial score (nSPS) is 12.0. The van der Waals surface area contributed by atoms with Crippen molar-refractivity contribution in [2.24, 2.45) is 0 Å². The number of amides is 2. The molecule has 0 heterocycles. The van der Waals surface area contributed by atoms with Crippen molar-refractivity contribution in [2.75, 3.05) is 21.1 Å². The van der Waals surface area contributed by atoms with Crippen LogP contribution in [-0.2, 0) is 9.59 Å². The van der Waals surface area contributed by atoms with Gasteiger partial charge in [-0.3, -0.25) is 9.59 Å². The van der Waals surface area contributed by atoms with Crippen molar-refractivity contribution < 1.29 is 14.4 Å². The summed E-state index contributed by atoms with van der Waals surface area (Å²) in [5.74, 6) is -0.283. The van der Waals surface area contributed by atoms with Gasteiger partial charge in [0.1, 0.15) is 6.29 Å². The average molecular weight is 330 g/mol. The molecule has 0 bridgehead atoms. The van der Waals surface area contributed by atoms with E-state index in [1.54, 1.807) is 27.2 Å². The lowest BCUT2D eigenvalue weighted by Gasteiger charge is -2.25. The predicted octanol–water partition coefficient (Wildman–Crippen LogP) is 2.54. The number of allylic oxidation sites excluding steroid dienone is 1. The maximum absolute atomic E-state index is 12.8. The summed E-state index contributed by atoms with van der Waals surface area (Å²) in [5.41, 5.74) is 2.41. The van der Waals surface area contributed by atoms with E-state index in [0.717, 1.165) is 17.4 Å². The van der Waals surface area contributed by atoms with Gasteiger partial charge < -0.3 is 14.6 Å². The van der Waals surface area contributed by atoms with E-state index >= 15 is 0 Å². The number of hydrogen-bond donors (Lipinski definition) is 0. The Labute approximate surface area is 143 Å². The van der Waals surface area contributed by atoms with Crippen LogP contribution in [0, 0.1) is 6.92 Å². The molecule has 0 fully saturated rings. The highest BCUT2D eigenvalue weighted by atomic mass is 16.2. The van der Waals surface area contributed by atoms with Gasteiger partial charge in [-0.2, -0.15) is 0 Å². The maximum Gasteiger partial charge on any atom is 0.254 e. The van der Waals surface area contributed by atoms with Crippen molar-refractivity contribution >= 4 is 24.2 Å². The molecule has 0 spiro atoms. The first kappa shape index (κ1) is 19.6. The number of rotatable bonds is 7. The zero-order valence-corrected chi connectivity index (χ0v) is 15.1. The molecule has 5 nitrogen and oxygen atoms in total. The smallest absolute Gasteiger partial charge is 0.254 e. The highest BCUT2D eigenvalue weighted by Crippen LogP contribution is 2.19. The Morgan fingerprint density at radius 3 is 2.42 bits per heavy atom. The fourth-order valence-corrected chi connectivity index (χ4v) is 2.44. The van der Waals surface area contributed by atoms with E-state index in [1.165, 1.54) is 9.80 Å². The number of carbonyl (C=O) groups is 3. The second kappa shape index (κ2) is 9.01. The summed E-state index contributed by atoms with van der Waals surface area (Å²) in [5, 5.41) is 0. The van der Waals surface area contributed by atoms with Crippen LogP contribution in [0.1, 0.15) is 41.3 Å². The molecule has 0 aliphatic rings. The quantitative estimate of drug-likeness (QED) is 0.722. The molecule has 130 valence electrons. The minimum Gasteiger partial charge on any atom is -0.349 e. The van der Waals surface area contributed by atoms with Crippen LogP contribution in [0.25, 0.3) is 6.08 Å². The lowest BCUT2D eigenvalue weighted by molar-refractivity contribution is -0.129. The summed E-state index contributed by atoms with van der Waals surface area (Å²) in [6.07, 6.45) is 5.04. The number of hydrogen-bond acceptors (Lipinski definition) is 3. The fourth-order valence-electron chi connectivity index (χ4n) is 2.44. The van der Waals surface area contributed by atoms with Crippen molar-refractivity contribution in [1.82, 2.24) is 9.80 Å². The van der Waals surface area contributed by atoms with Crippen LogP contribution < -0.4 is 0 Å². The van der Waals surface area contributed by atoms with Crippen molar-refractivity contribution in [1.29, 1.82) is 0 Å². The van der Waals surface area contributed by atoms with E-state index < -0.39 is 6.04 Å². The van der Waals surface area contributed by atoms with Gasteiger partial charge in [0.05, 0.1) is 6.04 Å². The number of aldehydes is 1. The molecule has 0 aliphatic heterocycles. The Hall–Kier alpha value is -2.43. The summed E-state index contributed by atoms with van der Waals surface area (Å²) < 4.78 is 0. The highest BCUT2D eigenvalue weighted by molar-refractivity contribution is 5.99. The zero-order chi connectivity index (χ0) is 18.3. The number of nitrogens with zero attached hydrogens (tertiary/aromatic N) is 2. The monoisotopic (exact) mass is 330 g/mol. The summed E-state index contributed by atoms with van der Waals surface area (Å²) in [4.78, 5) is 38.8. The summed E-state index contributed by atoms with van der Waals surface area (Å²) in [6.45, 7) is 3.84. The molecule has 1 atom stereocenters. The number of aryl methyl sites for hydroxylation is 1. The van der Waals surface area contributed by atoms with Gasteiger partial charge in [0, 0.05) is 33.1 Å². The topological polar surface area (TPSA) is 57.7 Å². The van der Waals surface area contributed by atoms with Gasteiger partial charge in [-0.05, 0) is 37.5 Å². The second-order valence-electron chi connectivity index (χ2n) is 5.98. The van der Waals surface area contributed by atoms with E-state index in [-0.39, 0.29) is 18.2 Å². The van der Waals surface area contributed by atoms with E-state index in [2.05, 4.69) is 0 Å². The van der Waals surface area contributed by atoms with Crippen molar-refractivity contribution in [3.63, 3.8) is 0 Å². The van der Waals surface area contributed by atoms with Gasteiger partial charge in [0.25, 0.3) is 5.91 Å². The van der Waals surface area contributed by atoms with E-state index in [0.29, 0.717) is 12.0 Å². The summed E-state index contributed by atoms with van der Waals surface area (Å²) >= 11 is 0. The first-order chi connectivity index (χ1) is 11.3. The molecule has 24 heavy (non-hydrogen) atoms. The van der Waals surface area contributed by atoms with E-state index in [4.69, 9.17) is 0 Å². The van der Waals surface area contributed by atoms with Crippen molar-refractivity contribution in [3.8, 4) is 0 Å². The molecule has 1 unspecified atom stereocenters. The van der Waals surface area contributed by atoms with Gasteiger partial charge in [0.2, 0.25) is 5.91 Å². The Morgan fingerprint density at radius 2 is 1.88 bits per heavy atom. The molecule has 0 aliphatic carbocycles. The molecule has 1 aromatic carbocycles. The molecule has 0 saturated heterocycles. The standard InChI is InChI=1S/C19H26N2O3/c1-6-8-16-14(2)9-7-10-17(16)19(24)21(5)15(13-22)11-12-18(23)20(3)4/h6-10,13,15H,11-12H2,1-5H3/b8-6-. The zero-order valence-electron chi connectivity index (χ0n) is 15.1. The third-order valence-corrected chi connectivity index (χ3v) is 4.02. The molecular weight excluding hydrogens is 304 g/mol. The van der Waals surface area contributed by atoms with Crippen molar-refractivity contribution in [2.45, 2.75) is 32.7 Å². The number of benzene rings is 1. The number of likely N-dealkylation sites (N-methyl/N-ethyl adjacent to an activating group) is 1. The Balaban J connectivity index is 2.99. The molecular formula is C19H26N2O3. The first-order valence-electron chi connectivity index (χ1n) is 7.98. The van der Waals surface area contributed by atoms with Gasteiger partial charge in [0.15, 0.2) is 0 Å². The third kappa shape index (κ3) is 4.78. The SMILES string of the molecule is C/C=C\c1c(C)cccc1C(=O)N(C)C(C=O)CCC(=O)N(C)C. The highest BCUT2D eigenvalue weighted by Gasteiger charge is 2.23. The van der Waals surface area contributed by atoms with Crippen molar-refractivity contribution in [3.05, 3.63) is 41.0 Å².